The second-order valence-corrected chi connectivity index (χ2v) is 10.8. The van der Waals surface area contributed by atoms with Crippen molar-refractivity contribution in [3.63, 3.8) is 0 Å². The summed E-state index contributed by atoms with van der Waals surface area (Å²) in [7, 11) is 1.43. The molecule has 2 aliphatic heterocycles. The lowest BCUT2D eigenvalue weighted by Gasteiger charge is -2.36. The van der Waals surface area contributed by atoms with Gasteiger partial charge in [0, 0.05) is 56.9 Å². The summed E-state index contributed by atoms with van der Waals surface area (Å²) in [6, 6.07) is 10.0. The fraction of sp³-hybridized carbons (Fsp3) is 0.536. The lowest BCUT2D eigenvalue weighted by molar-refractivity contribution is -0.133. The van der Waals surface area contributed by atoms with Crippen LogP contribution in [0.2, 0.25) is 0 Å². The van der Waals surface area contributed by atoms with E-state index in [0.717, 1.165) is 56.2 Å². The zero-order valence-electron chi connectivity index (χ0n) is 21.6. The third kappa shape index (κ3) is 5.44. The molecule has 7 heteroatoms. The van der Waals surface area contributed by atoms with E-state index in [2.05, 4.69) is 50.0 Å². The molecule has 1 amide bonds. The van der Waals surface area contributed by atoms with Gasteiger partial charge in [0.05, 0.1) is 12.7 Å². The van der Waals surface area contributed by atoms with Crippen molar-refractivity contribution in [3.8, 4) is 0 Å². The number of esters is 1. The number of nitrogens with zero attached hydrogens (tertiary/aromatic N) is 3. The molecule has 1 N–H and O–H groups in total. The van der Waals surface area contributed by atoms with Crippen LogP contribution in [0.3, 0.4) is 0 Å². The maximum absolute atomic E-state index is 12.6. The summed E-state index contributed by atoms with van der Waals surface area (Å²) in [5.41, 5.74) is 3.89. The number of piperazine rings is 1. The molecule has 188 valence electrons. The van der Waals surface area contributed by atoms with Crippen LogP contribution in [0.5, 0.6) is 0 Å². The summed E-state index contributed by atoms with van der Waals surface area (Å²) in [5, 5.41) is 3.48. The number of hydrogen-bond acceptors (Lipinski definition) is 6. The fourth-order valence-corrected chi connectivity index (χ4v) is 5.38. The average Bonchev–Trinajstić information content (AvgIpc) is 3.27. The van der Waals surface area contributed by atoms with Crippen molar-refractivity contribution >= 4 is 23.4 Å². The minimum atomic E-state index is -0.293. The van der Waals surface area contributed by atoms with Gasteiger partial charge in [-0.2, -0.15) is 0 Å². The molecule has 1 aromatic heterocycles. The number of rotatable bonds is 6. The first-order valence-electron chi connectivity index (χ1n) is 12.7. The zero-order chi connectivity index (χ0) is 25.2. The Morgan fingerprint density at radius 2 is 1.89 bits per heavy atom. The van der Waals surface area contributed by atoms with E-state index in [1.807, 2.05) is 29.3 Å². The average molecular weight is 479 g/mol. The Labute approximate surface area is 208 Å². The number of methoxy groups -OCH3 is 1. The van der Waals surface area contributed by atoms with Gasteiger partial charge in [-0.3, -0.25) is 4.79 Å². The molecule has 3 heterocycles. The van der Waals surface area contributed by atoms with Crippen LogP contribution in [-0.4, -0.2) is 61.6 Å². The SMILES string of the molecule is CCC(c1ccc(N2CCN(C(=O)CC(C)(C)C)CC2)nc1)C1CNc2cccc(C(=O)OC)c21. The number of nitrogens with one attached hydrogen (secondary N) is 1. The van der Waals surface area contributed by atoms with Crippen LogP contribution in [0.4, 0.5) is 11.5 Å². The highest BCUT2D eigenvalue weighted by Gasteiger charge is 2.34. The molecule has 0 bridgehead atoms. The molecule has 0 aliphatic carbocycles. The molecule has 0 saturated carbocycles. The first-order chi connectivity index (χ1) is 16.7. The van der Waals surface area contributed by atoms with Crippen LogP contribution in [0, 0.1) is 5.41 Å². The van der Waals surface area contributed by atoms with Crippen molar-refractivity contribution < 1.29 is 14.3 Å². The Morgan fingerprint density at radius 1 is 1.14 bits per heavy atom. The first kappa shape index (κ1) is 25.0. The minimum Gasteiger partial charge on any atom is -0.465 e. The van der Waals surface area contributed by atoms with E-state index < -0.39 is 0 Å². The lowest BCUT2D eigenvalue weighted by atomic mass is 9.80. The largest absolute Gasteiger partial charge is 0.465 e. The minimum absolute atomic E-state index is 0.00832. The Bertz CT molecular complexity index is 1050. The number of pyridine rings is 1. The van der Waals surface area contributed by atoms with E-state index in [9.17, 15) is 9.59 Å². The molecule has 0 radical (unpaired) electrons. The maximum atomic E-state index is 12.6. The predicted octanol–water partition coefficient (Wildman–Crippen LogP) is 4.66. The number of ether oxygens (including phenoxy) is 1. The smallest absolute Gasteiger partial charge is 0.338 e. The van der Waals surface area contributed by atoms with E-state index in [4.69, 9.17) is 9.72 Å². The summed E-state index contributed by atoms with van der Waals surface area (Å²) < 4.78 is 5.05. The van der Waals surface area contributed by atoms with Crippen molar-refractivity contribution in [3.05, 3.63) is 53.2 Å². The van der Waals surface area contributed by atoms with Crippen LogP contribution < -0.4 is 10.2 Å². The zero-order valence-corrected chi connectivity index (χ0v) is 21.6. The number of carbonyl (C=O) groups is 2. The molecule has 2 aliphatic rings. The number of amides is 1. The normalized spacial score (nSPS) is 18.6. The van der Waals surface area contributed by atoms with Crippen molar-refractivity contribution in [2.24, 2.45) is 5.41 Å². The Balaban J connectivity index is 1.45. The van der Waals surface area contributed by atoms with Crippen LogP contribution in [0.25, 0.3) is 0 Å². The highest BCUT2D eigenvalue weighted by molar-refractivity contribution is 5.94. The van der Waals surface area contributed by atoms with Crippen molar-refractivity contribution in [2.45, 2.75) is 52.4 Å². The molecule has 1 saturated heterocycles. The van der Waals surface area contributed by atoms with Gasteiger partial charge in [0.2, 0.25) is 5.91 Å². The van der Waals surface area contributed by atoms with Gasteiger partial charge in [0.15, 0.2) is 0 Å². The van der Waals surface area contributed by atoms with E-state index >= 15 is 0 Å². The van der Waals surface area contributed by atoms with E-state index in [1.165, 1.54) is 12.7 Å². The maximum Gasteiger partial charge on any atom is 0.338 e. The second-order valence-electron chi connectivity index (χ2n) is 10.8. The van der Waals surface area contributed by atoms with Crippen LogP contribution in [-0.2, 0) is 9.53 Å². The number of fused-ring (bicyclic) bond motifs is 1. The highest BCUT2D eigenvalue weighted by atomic mass is 16.5. The fourth-order valence-electron chi connectivity index (χ4n) is 5.38. The van der Waals surface area contributed by atoms with Gasteiger partial charge in [-0.1, -0.05) is 39.8 Å². The van der Waals surface area contributed by atoms with Crippen LogP contribution in [0.1, 0.15) is 73.9 Å². The summed E-state index contributed by atoms with van der Waals surface area (Å²) in [6.07, 6.45) is 3.51. The quantitative estimate of drug-likeness (QED) is 0.609. The molecule has 1 aromatic carbocycles. The molecule has 7 nitrogen and oxygen atoms in total. The molecule has 35 heavy (non-hydrogen) atoms. The number of anilines is 2. The van der Waals surface area contributed by atoms with E-state index in [1.54, 1.807) is 0 Å². The number of benzene rings is 1. The molecule has 1 fully saturated rings. The van der Waals surface area contributed by atoms with Gasteiger partial charge >= 0.3 is 5.97 Å². The summed E-state index contributed by atoms with van der Waals surface area (Å²) in [5.74, 6) is 1.31. The third-order valence-corrected chi connectivity index (χ3v) is 7.16. The molecule has 4 rings (SSSR count). The second kappa shape index (κ2) is 10.3. The molecule has 2 unspecified atom stereocenters. The molecule has 0 spiro atoms. The molecule has 2 atom stereocenters. The van der Waals surface area contributed by atoms with Gasteiger partial charge < -0.3 is 19.9 Å². The van der Waals surface area contributed by atoms with Gasteiger partial charge in [-0.15, -0.1) is 0 Å². The third-order valence-electron chi connectivity index (χ3n) is 7.16. The van der Waals surface area contributed by atoms with Crippen molar-refractivity contribution in [1.29, 1.82) is 0 Å². The lowest BCUT2D eigenvalue weighted by Crippen LogP contribution is -2.49. The molecular formula is C28H38N4O3. The Morgan fingerprint density at radius 3 is 2.49 bits per heavy atom. The van der Waals surface area contributed by atoms with E-state index in [-0.39, 0.29) is 29.1 Å². The first-order valence-corrected chi connectivity index (χ1v) is 12.7. The standard InChI is InChI=1S/C28H38N4O3/c1-6-20(22-18-29-23-9-7-8-21(26(22)23)27(34)35-5)19-10-11-24(30-17-19)31-12-14-32(15-13-31)25(33)16-28(2,3)4/h7-11,17,20,22,29H,6,12-16,18H2,1-5H3. The van der Waals surface area contributed by atoms with Crippen LogP contribution >= 0.6 is 0 Å². The van der Waals surface area contributed by atoms with Crippen molar-refractivity contribution in [2.75, 3.05) is 50.1 Å². The van der Waals surface area contributed by atoms with Crippen molar-refractivity contribution in [1.82, 2.24) is 9.88 Å². The number of aromatic nitrogens is 1. The molecular weight excluding hydrogens is 440 g/mol. The van der Waals surface area contributed by atoms with Crippen LogP contribution in [0.15, 0.2) is 36.5 Å². The van der Waals surface area contributed by atoms with Gasteiger partial charge in [0.1, 0.15) is 5.82 Å². The van der Waals surface area contributed by atoms with Gasteiger partial charge in [-0.05, 0) is 47.1 Å². The van der Waals surface area contributed by atoms with Gasteiger partial charge in [0.25, 0.3) is 0 Å². The summed E-state index contributed by atoms with van der Waals surface area (Å²) in [6.45, 7) is 12.3. The van der Waals surface area contributed by atoms with Gasteiger partial charge in [-0.25, -0.2) is 9.78 Å². The highest BCUT2D eigenvalue weighted by Crippen LogP contribution is 2.44. The monoisotopic (exact) mass is 478 g/mol. The number of carbonyl (C=O) groups excluding carboxylic acids is 2. The Kier molecular flexibility index (Phi) is 7.33. The predicted molar refractivity (Wildman–Crippen MR) is 139 cm³/mol. The van der Waals surface area contributed by atoms with E-state index in [0.29, 0.717) is 12.0 Å². The topological polar surface area (TPSA) is 74.8 Å². The summed E-state index contributed by atoms with van der Waals surface area (Å²) >= 11 is 0. The summed E-state index contributed by atoms with van der Waals surface area (Å²) in [4.78, 5) is 34.0. The molecule has 2 aromatic rings. The Hall–Kier alpha value is -3.09. The number of hydrogen-bond donors (Lipinski definition) is 1.